The van der Waals surface area contributed by atoms with Gasteiger partial charge in [-0.15, -0.1) is 0 Å². The first kappa shape index (κ1) is 13.5. The van der Waals surface area contributed by atoms with Gasteiger partial charge in [-0.05, 0) is 42.3 Å². The molecule has 1 heterocycles. The molecule has 0 amide bonds. The Morgan fingerprint density at radius 1 is 1.14 bits per heavy atom. The van der Waals surface area contributed by atoms with Gasteiger partial charge in [-0.2, -0.15) is 15.0 Å². The fourth-order valence-electron chi connectivity index (χ4n) is 2.22. The minimum atomic E-state index is -0.503. The molecule has 106 valence electrons. The summed E-state index contributed by atoms with van der Waals surface area (Å²) < 4.78 is 13.5. The lowest BCUT2D eigenvalue weighted by atomic mass is 10.0. The Bertz CT molecular complexity index is 732. The molecule has 0 saturated heterocycles. The number of halogens is 1. The molecule has 0 fully saturated rings. The smallest absolute Gasteiger partial charge is 0.123 e. The monoisotopic (exact) mass is 282 g/mol. The van der Waals surface area contributed by atoms with E-state index in [-0.39, 0.29) is 5.82 Å². The van der Waals surface area contributed by atoms with Gasteiger partial charge in [-0.25, -0.2) is 4.39 Å². The van der Waals surface area contributed by atoms with Crippen LogP contribution >= 0.6 is 0 Å². The summed E-state index contributed by atoms with van der Waals surface area (Å²) in [6.45, 7) is 1.83. The normalized spacial score (nSPS) is 12.3. The second-order valence-corrected chi connectivity index (χ2v) is 4.93. The maximum Gasteiger partial charge on any atom is 0.123 e. The van der Waals surface area contributed by atoms with Gasteiger partial charge in [0.05, 0.1) is 17.9 Å². The lowest BCUT2D eigenvalue weighted by molar-refractivity contribution is 0.621. The van der Waals surface area contributed by atoms with E-state index in [9.17, 15) is 4.39 Å². The largest absolute Gasteiger partial charge is 0.319 e. The molecule has 0 saturated carbocycles. The number of rotatable bonds is 3. The van der Waals surface area contributed by atoms with Crippen LogP contribution in [0.2, 0.25) is 0 Å². The number of aryl methyl sites for hydroxylation is 1. The molecule has 0 aliphatic rings. The first-order valence-corrected chi connectivity index (χ1v) is 6.64. The van der Waals surface area contributed by atoms with E-state index >= 15 is 0 Å². The maximum absolute atomic E-state index is 13.5. The Morgan fingerprint density at radius 2 is 1.90 bits per heavy atom. The summed E-state index contributed by atoms with van der Waals surface area (Å²) >= 11 is 0. The average Bonchev–Trinajstić information content (AvgIpc) is 2.96. The van der Waals surface area contributed by atoms with Crippen LogP contribution in [0.3, 0.4) is 0 Å². The predicted octanol–water partition coefficient (Wildman–Crippen LogP) is 2.76. The first-order chi connectivity index (χ1) is 10.1. The highest BCUT2D eigenvalue weighted by Crippen LogP contribution is 2.20. The van der Waals surface area contributed by atoms with Gasteiger partial charge in [0.2, 0.25) is 0 Å². The van der Waals surface area contributed by atoms with E-state index in [2.05, 4.69) is 10.2 Å². The Balaban J connectivity index is 1.92. The van der Waals surface area contributed by atoms with Crippen molar-refractivity contribution in [3.8, 4) is 5.69 Å². The van der Waals surface area contributed by atoms with Gasteiger partial charge in [0.15, 0.2) is 0 Å². The van der Waals surface area contributed by atoms with Gasteiger partial charge < -0.3 is 5.73 Å². The second-order valence-electron chi connectivity index (χ2n) is 4.93. The van der Waals surface area contributed by atoms with E-state index in [1.807, 2.05) is 43.3 Å². The SMILES string of the molecule is Cc1cc(F)cc(C(N)c2cnn(-c3ccccc3)n2)c1. The summed E-state index contributed by atoms with van der Waals surface area (Å²) in [6.07, 6.45) is 1.61. The first-order valence-electron chi connectivity index (χ1n) is 6.64. The van der Waals surface area contributed by atoms with Crippen LogP contribution in [0.15, 0.2) is 54.7 Å². The highest BCUT2D eigenvalue weighted by Gasteiger charge is 2.14. The third kappa shape index (κ3) is 2.83. The highest BCUT2D eigenvalue weighted by atomic mass is 19.1. The summed E-state index contributed by atoms with van der Waals surface area (Å²) in [5.41, 5.74) is 9.13. The van der Waals surface area contributed by atoms with Crippen molar-refractivity contribution in [1.82, 2.24) is 15.0 Å². The van der Waals surface area contributed by atoms with Crippen molar-refractivity contribution in [2.24, 2.45) is 5.73 Å². The van der Waals surface area contributed by atoms with Gasteiger partial charge in [-0.1, -0.05) is 24.3 Å². The molecular weight excluding hydrogens is 267 g/mol. The molecular formula is C16H15FN4. The van der Waals surface area contributed by atoms with Crippen LogP contribution in [0.4, 0.5) is 4.39 Å². The molecule has 1 atom stereocenters. The van der Waals surface area contributed by atoms with Crippen LogP contribution < -0.4 is 5.73 Å². The molecule has 1 unspecified atom stereocenters. The van der Waals surface area contributed by atoms with Crippen LogP contribution in [0.25, 0.3) is 5.69 Å². The molecule has 4 nitrogen and oxygen atoms in total. The summed E-state index contributed by atoms with van der Waals surface area (Å²) in [5, 5.41) is 8.58. The molecule has 0 radical (unpaired) electrons. The number of nitrogens with zero attached hydrogens (tertiary/aromatic N) is 3. The van der Waals surface area contributed by atoms with E-state index in [1.54, 1.807) is 6.20 Å². The van der Waals surface area contributed by atoms with Gasteiger partial charge >= 0.3 is 0 Å². The molecule has 1 aromatic heterocycles. The number of benzene rings is 2. The summed E-state index contributed by atoms with van der Waals surface area (Å²) in [4.78, 5) is 1.52. The molecule has 3 aromatic rings. The topological polar surface area (TPSA) is 56.7 Å². The standard InChI is InChI=1S/C16H15FN4/c1-11-7-12(9-13(17)8-11)16(18)15-10-19-21(20-15)14-5-3-2-4-6-14/h2-10,16H,18H2,1H3. The van der Waals surface area contributed by atoms with Crippen molar-refractivity contribution in [1.29, 1.82) is 0 Å². The molecule has 21 heavy (non-hydrogen) atoms. The van der Waals surface area contributed by atoms with Crippen molar-refractivity contribution in [2.45, 2.75) is 13.0 Å². The summed E-state index contributed by atoms with van der Waals surface area (Å²) in [7, 11) is 0. The van der Waals surface area contributed by atoms with Crippen molar-refractivity contribution < 1.29 is 4.39 Å². The Hall–Kier alpha value is -2.53. The average molecular weight is 282 g/mol. The fraction of sp³-hybridized carbons (Fsp3) is 0.125. The zero-order chi connectivity index (χ0) is 14.8. The van der Waals surface area contributed by atoms with Crippen molar-refractivity contribution in [3.63, 3.8) is 0 Å². The number of para-hydroxylation sites is 1. The molecule has 2 N–H and O–H groups in total. The summed E-state index contributed by atoms with van der Waals surface area (Å²) in [5.74, 6) is -0.295. The number of hydrogen-bond acceptors (Lipinski definition) is 3. The lowest BCUT2D eigenvalue weighted by Crippen LogP contribution is -2.13. The zero-order valence-corrected chi connectivity index (χ0v) is 11.6. The number of nitrogens with two attached hydrogens (primary N) is 1. The third-order valence-electron chi connectivity index (χ3n) is 3.24. The Labute approximate surface area is 122 Å². The quantitative estimate of drug-likeness (QED) is 0.803. The number of hydrogen-bond donors (Lipinski definition) is 1. The number of aromatic nitrogens is 3. The van der Waals surface area contributed by atoms with Crippen molar-refractivity contribution in [2.75, 3.05) is 0 Å². The molecule has 0 bridgehead atoms. The van der Waals surface area contributed by atoms with Crippen molar-refractivity contribution >= 4 is 0 Å². The minimum absolute atomic E-state index is 0.295. The van der Waals surface area contributed by atoms with E-state index in [1.165, 1.54) is 16.9 Å². The molecule has 3 rings (SSSR count). The van der Waals surface area contributed by atoms with Crippen molar-refractivity contribution in [3.05, 3.63) is 77.4 Å². The fourth-order valence-corrected chi connectivity index (χ4v) is 2.22. The van der Waals surface area contributed by atoms with E-state index in [0.29, 0.717) is 11.3 Å². The zero-order valence-electron chi connectivity index (χ0n) is 11.6. The van der Waals surface area contributed by atoms with Gasteiger partial charge in [0.25, 0.3) is 0 Å². The van der Waals surface area contributed by atoms with Crippen LogP contribution in [0.5, 0.6) is 0 Å². The second kappa shape index (κ2) is 5.46. The molecule has 0 spiro atoms. The molecule has 0 aliphatic carbocycles. The summed E-state index contributed by atoms with van der Waals surface area (Å²) in [6, 6.07) is 13.8. The predicted molar refractivity (Wildman–Crippen MR) is 78.5 cm³/mol. The van der Waals surface area contributed by atoms with Crippen LogP contribution in [0.1, 0.15) is 22.9 Å². The maximum atomic E-state index is 13.5. The van der Waals surface area contributed by atoms with Crippen LogP contribution in [-0.4, -0.2) is 15.0 Å². The highest BCUT2D eigenvalue weighted by molar-refractivity contribution is 5.32. The molecule has 0 aliphatic heterocycles. The Kier molecular flexibility index (Phi) is 3.50. The van der Waals surface area contributed by atoms with E-state index in [0.717, 1.165) is 11.3 Å². The van der Waals surface area contributed by atoms with Crippen LogP contribution in [0, 0.1) is 12.7 Å². The van der Waals surface area contributed by atoms with E-state index < -0.39 is 6.04 Å². The van der Waals surface area contributed by atoms with Crippen LogP contribution in [-0.2, 0) is 0 Å². The molecule has 5 heteroatoms. The third-order valence-corrected chi connectivity index (χ3v) is 3.24. The lowest BCUT2D eigenvalue weighted by Gasteiger charge is -2.10. The van der Waals surface area contributed by atoms with Gasteiger partial charge in [0, 0.05) is 0 Å². The van der Waals surface area contributed by atoms with Gasteiger partial charge in [0.1, 0.15) is 11.5 Å². The minimum Gasteiger partial charge on any atom is -0.319 e. The molecule has 2 aromatic carbocycles. The van der Waals surface area contributed by atoms with E-state index in [4.69, 9.17) is 5.73 Å². The van der Waals surface area contributed by atoms with Gasteiger partial charge in [-0.3, -0.25) is 0 Å². The Morgan fingerprint density at radius 3 is 2.62 bits per heavy atom.